The summed E-state index contributed by atoms with van der Waals surface area (Å²) in [4.78, 5) is 193. The van der Waals surface area contributed by atoms with E-state index in [-0.39, 0.29) is 125 Å². The maximum Gasteiger partial charge on any atom is 0.339 e. The molecule has 6 amide bonds. The number of carboxylic acids is 2. The second-order valence-electron chi connectivity index (χ2n) is 32.1. The number of phenols is 3. The number of guanidine groups is 1. The number of fused-ring (bicyclic) bond motifs is 4. The van der Waals surface area contributed by atoms with E-state index in [0.29, 0.717) is 92.5 Å². The summed E-state index contributed by atoms with van der Waals surface area (Å²) in [7, 11) is 0. The first-order valence-corrected chi connectivity index (χ1v) is 41.4. The highest BCUT2D eigenvalue weighted by Crippen LogP contribution is 2.40. The summed E-state index contributed by atoms with van der Waals surface area (Å²) < 4.78 is 0. The number of aromatic amines is 2. The summed E-state index contributed by atoms with van der Waals surface area (Å²) in [5.41, 5.74) is 20.5. The number of benzene rings is 7. The highest BCUT2D eigenvalue weighted by molar-refractivity contribution is 6.04. The minimum absolute atomic E-state index is 0.000186. The summed E-state index contributed by atoms with van der Waals surface area (Å²) >= 11 is 0. The van der Waals surface area contributed by atoms with Gasteiger partial charge < -0.3 is 89.5 Å². The first kappa shape index (κ1) is 91.9. The number of primary amides is 1. The number of aromatic nitrogens is 2. The average Bonchev–Trinajstić information content (AvgIpc) is 1.08. The number of aliphatic imine (C=N–C) groups is 2. The lowest BCUT2D eigenvalue weighted by Crippen LogP contribution is -2.58. The molecule has 2 aliphatic heterocycles. The fourth-order valence-electron chi connectivity index (χ4n) is 16.5. The molecule has 1 saturated heterocycles. The van der Waals surface area contributed by atoms with Gasteiger partial charge in [0, 0.05) is 146 Å². The number of ketones is 5. The van der Waals surface area contributed by atoms with Crippen LogP contribution in [0.5, 0.6) is 17.2 Å². The van der Waals surface area contributed by atoms with Crippen LogP contribution >= 0.6 is 0 Å². The number of para-hydroxylation sites is 2. The van der Waals surface area contributed by atoms with Crippen LogP contribution in [0.4, 0.5) is 0 Å². The number of Topliss-reactive ketones (excluding diaryl/α,β-unsaturated/α-hetero) is 5. The Morgan fingerprint density at radius 2 is 1.14 bits per heavy atom. The number of hydrogen-bond donors (Lipinski definition) is 17. The fourth-order valence-corrected chi connectivity index (χ4v) is 16.5. The molecule has 656 valence electrons. The zero-order valence-corrected chi connectivity index (χ0v) is 68.9. The molecule has 33 nitrogen and oxygen atoms in total. The number of allylic oxidation sites excluding steroid dienone is 1. The lowest BCUT2D eigenvalue weighted by atomic mass is 9.82. The van der Waals surface area contributed by atoms with Crippen molar-refractivity contribution in [1.29, 1.82) is 0 Å². The number of likely N-dealkylation sites (tertiary alicyclic amines) is 1. The number of rotatable bonds is 42. The lowest BCUT2D eigenvalue weighted by Gasteiger charge is -2.28. The van der Waals surface area contributed by atoms with Crippen LogP contribution in [-0.4, -0.2) is 208 Å². The molecule has 2 fully saturated rings. The first-order valence-electron chi connectivity index (χ1n) is 41.4. The third kappa shape index (κ3) is 24.4. The number of nitrogens with two attached hydrogens (primary N) is 3. The van der Waals surface area contributed by atoms with Gasteiger partial charge in [-0.2, -0.15) is 0 Å². The number of nitrogens with one attached hydrogen (secondary N) is 7. The monoisotopic (exact) mass is 1710 g/mol. The molecule has 20 N–H and O–H groups in total. The topological polar surface area (TPSA) is 561 Å². The molecule has 1 aliphatic carbocycles. The van der Waals surface area contributed by atoms with Gasteiger partial charge in [0.15, 0.2) is 17.5 Å². The Morgan fingerprint density at radius 1 is 0.600 bits per heavy atom. The number of H-pyrrole nitrogens is 2. The third-order valence-electron chi connectivity index (χ3n) is 23.0. The van der Waals surface area contributed by atoms with Crippen molar-refractivity contribution in [1.82, 2.24) is 41.5 Å². The Labute approximate surface area is 717 Å². The van der Waals surface area contributed by atoms with Gasteiger partial charge >= 0.3 is 11.9 Å². The van der Waals surface area contributed by atoms with Crippen molar-refractivity contribution in [3.05, 3.63) is 197 Å². The normalized spacial score (nSPS) is 16.3. The second-order valence-corrected chi connectivity index (χ2v) is 32.1. The van der Waals surface area contributed by atoms with Crippen molar-refractivity contribution >= 4 is 132 Å². The van der Waals surface area contributed by atoms with Crippen molar-refractivity contribution in [2.45, 2.75) is 152 Å². The number of amides is 6. The summed E-state index contributed by atoms with van der Waals surface area (Å²) in [5.74, 6) is -14.1. The number of carbonyl (C=O) groups is 13. The standard InChI is InChI=1S/C69H87N13O14.C23H16O6/c1-39(84)24-55(66(94)78-54(12-6-21-74-69(71)72)62(90)37-82-23-7-13-58(82)68(96)77-36-63(70)91)80-67(95)56(29-47-35-76-53-11-5-3-9-51(47)53)79-64(92)44(25-40-14-17-48(85)18-15-40)32-61(89)57(38-83)81-65(93)45(27-46-34-75-52-10-4-2-8-50(46)52)31-60(88)43(26-41-20-22-73-33-41)30-59(87)42-16-19-49(86)28-42;24-20-16(14-7-3-1-5-12(14)9-18(20)22(26)27)11-17-15-8-4-2-6-13(15)10-19(21(17)25)23(28)29/h2-5,8-11,14-15,17-18,22,33-35,39,42-45,54-58,75-76,83-85H,6-7,12-13,16,19-21,23-32,36-38H2,1H3,(H2,70,91)(H,77,96)(H,78,94)(H,79,92)(H,80,95)(H,81,93)(H4,71,72,74);1-10,24-25H,11H2,(H,26,27)(H,28,29). The van der Waals surface area contributed by atoms with Crippen molar-refractivity contribution < 1.29 is 98.1 Å². The highest BCUT2D eigenvalue weighted by Gasteiger charge is 2.40. The summed E-state index contributed by atoms with van der Waals surface area (Å²) in [6, 6.07) is 30.4. The van der Waals surface area contributed by atoms with Gasteiger partial charge in [-0.3, -0.25) is 67.6 Å². The zero-order chi connectivity index (χ0) is 89.7. The van der Waals surface area contributed by atoms with Crippen LogP contribution in [0.25, 0.3) is 43.4 Å². The van der Waals surface area contributed by atoms with E-state index in [2.05, 4.69) is 46.5 Å². The number of hydrogen-bond acceptors (Lipinski definition) is 21. The number of aliphatic hydroxyl groups is 2. The van der Waals surface area contributed by atoms with Gasteiger partial charge in [0.1, 0.15) is 63.9 Å². The maximum atomic E-state index is 15.2. The molecule has 2 aromatic heterocycles. The minimum atomic E-state index is -1.64. The lowest BCUT2D eigenvalue weighted by molar-refractivity contribution is -0.136. The van der Waals surface area contributed by atoms with E-state index in [1.165, 1.54) is 43.3 Å². The summed E-state index contributed by atoms with van der Waals surface area (Å²) in [6.07, 6.45) is 6.06. The molecule has 0 radical (unpaired) electrons. The molecular weight excluding hydrogens is 1610 g/mol. The highest BCUT2D eigenvalue weighted by atomic mass is 16.4. The van der Waals surface area contributed by atoms with Crippen LogP contribution in [0.15, 0.2) is 168 Å². The van der Waals surface area contributed by atoms with E-state index in [9.17, 15) is 88.5 Å². The van der Waals surface area contributed by atoms with Gasteiger partial charge in [-0.25, -0.2) is 9.59 Å². The van der Waals surface area contributed by atoms with E-state index in [1.54, 1.807) is 103 Å². The van der Waals surface area contributed by atoms with Crippen LogP contribution in [0, 0.1) is 23.7 Å². The number of aromatic hydroxyl groups is 3. The van der Waals surface area contributed by atoms with E-state index in [1.807, 2.05) is 24.3 Å². The molecular formula is C92H103N13O20. The quantitative estimate of drug-likeness (QED) is 0.0118. The maximum absolute atomic E-state index is 15.2. The fraction of sp³-hybridized carbons (Fsp3) is 0.359. The first-order chi connectivity index (χ1) is 59.9. The molecule has 0 bridgehead atoms. The van der Waals surface area contributed by atoms with Crippen LogP contribution in [0.1, 0.15) is 139 Å². The van der Waals surface area contributed by atoms with Crippen molar-refractivity contribution in [3.63, 3.8) is 0 Å². The Hall–Kier alpha value is -13.8. The summed E-state index contributed by atoms with van der Waals surface area (Å²) in [6.45, 7) is 0.158. The number of aliphatic hydroxyl groups excluding tert-OH is 2. The van der Waals surface area contributed by atoms with Gasteiger partial charge in [0.05, 0.1) is 37.9 Å². The van der Waals surface area contributed by atoms with E-state index in [4.69, 9.17) is 17.2 Å². The van der Waals surface area contributed by atoms with Crippen molar-refractivity contribution in [3.8, 4) is 17.2 Å². The van der Waals surface area contributed by atoms with E-state index >= 15 is 9.59 Å². The van der Waals surface area contributed by atoms with Crippen molar-refractivity contribution in [2.75, 3.05) is 32.8 Å². The van der Waals surface area contributed by atoms with Crippen LogP contribution in [-0.2, 0) is 78.4 Å². The minimum Gasteiger partial charge on any atom is -0.508 e. The van der Waals surface area contributed by atoms with Gasteiger partial charge in [-0.1, -0.05) is 97.1 Å². The SMILES string of the molecule is CC(O)CC(NC(=O)C(Cc1c[nH]c2ccccc12)NC(=O)C(CC(=O)C(CO)NC(=O)C(CC(=O)C(CC(=O)C1CCC(=O)C1)CC1=CN=CC1)Cc1c[nH]c2ccccc12)Cc1ccc(O)cc1)C(=O)NC(CCCN=C(N)N)C(=O)CN1CCCC1C(=O)NCC(N)=O.O=C(O)c1cc2ccccc2c(Cc2c(O)c(C(=O)O)cc3ccccc23)c1O. The van der Waals surface area contributed by atoms with Gasteiger partial charge in [0.25, 0.3) is 0 Å². The molecule has 33 heteroatoms. The number of nitrogens with zero attached hydrogens (tertiary/aromatic N) is 3. The largest absolute Gasteiger partial charge is 0.508 e. The Morgan fingerprint density at radius 3 is 1.70 bits per heavy atom. The second kappa shape index (κ2) is 42.8. The third-order valence-corrected chi connectivity index (χ3v) is 23.0. The number of carboxylic acid groups (broad SMARTS) is 2. The van der Waals surface area contributed by atoms with Gasteiger partial charge in [-0.05, 0) is 145 Å². The molecule has 125 heavy (non-hydrogen) atoms. The molecule has 1 saturated carbocycles. The predicted molar refractivity (Wildman–Crippen MR) is 464 cm³/mol. The zero-order valence-electron chi connectivity index (χ0n) is 68.9. The van der Waals surface area contributed by atoms with Crippen LogP contribution < -0.4 is 43.8 Å². The number of aromatic carboxylic acids is 2. The van der Waals surface area contributed by atoms with Crippen molar-refractivity contribution in [2.24, 2.45) is 50.9 Å². The molecule has 3 aliphatic rings. The predicted octanol–water partition coefficient (Wildman–Crippen LogP) is 6.01. The number of carbonyl (C=O) groups excluding carboxylic acids is 11. The molecule has 0 spiro atoms. The Bertz CT molecular complexity index is 5550. The van der Waals surface area contributed by atoms with Crippen LogP contribution in [0.3, 0.4) is 0 Å². The van der Waals surface area contributed by atoms with Gasteiger partial charge in [-0.15, -0.1) is 0 Å². The Balaban J connectivity index is 0.000000437. The smallest absolute Gasteiger partial charge is 0.339 e. The van der Waals surface area contributed by atoms with Gasteiger partial charge in [0.2, 0.25) is 35.4 Å². The van der Waals surface area contributed by atoms with Crippen LogP contribution in [0.2, 0.25) is 0 Å². The average molecular weight is 1710 g/mol. The molecule has 10 unspecified atom stereocenters. The number of phenolic OH excluding ortho intramolecular Hbond substituents is 1. The molecule has 4 heterocycles. The molecule has 12 rings (SSSR count). The molecule has 9 aromatic rings. The summed E-state index contributed by atoms with van der Waals surface area (Å²) in [5, 5.41) is 89.7. The Kier molecular flexibility index (Phi) is 31.5. The van der Waals surface area contributed by atoms with E-state index < -0.39 is 156 Å². The molecule has 7 aromatic carbocycles. The van der Waals surface area contributed by atoms with E-state index in [0.717, 1.165) is 16.5 Å². The molecule has 10 atom stereocenters.